The molecule has 0 aliphatic heterocycles. The van der Waals surface area contributed by atoms with E-state index in [2.05, 4.69) is 15.4 Å². The Labute approximate surface area is 108 Å². The highest BCUT2D eigenvalue weighted by Crippen LogP contribution is 2.16. The van der Waals surface area contributed by atoms with Crippen molar-refractivity contribution in [1.82, 2.24) is 0 Å². The molecule has 0 aliphatic carbocycles. The van der Waals surface area contributed by atoms with Gasteiger partial charge in [0.2, 0.25) is 0 Å². The van der Waals surface area contributed by atoms with Crippen LogP contribution in [0.1, 0.15) is 0 Å². The van der Waals surface area contributed by atoms with Crippen molar-refractivity contribution in [3.63, 3.8) is 0 Å². The molecule has 0 heterocycles. The van der Waals surface area contributed by atoms with Crippen LogP contribution in [-0.4, -0.2) is 8.76 Å². The maximum Gasteiger partial charge on any atom is 0.0857 e. The number of nitrogens with two attached hydrogens (primary N) is 1. The van der Waals surface area contributed by atoms with E-state index in [0.29, 0.717) is 0 Å². The highest BCUT2D eigenvalue weighted by Gasteiger charge is 1.86. The molecule has 2 aromatic carbocycles. The standard InChI is InChI=1S/C12H10N2.H3NO2S/c1-3-7-11(8-4-1)13-14-12-9-5-2-6-10-12;1-4(2)3/h1-10H;1H2,(H,2,3)/p-1. The average Bonchev–Trinajstić information content (AvgIpc) is 2.38. The quantitative estimate of drug-likeness (QED) is 0.665. The molecule has 2 rings (SSSR count). The SMILES string of the molecule is NS(=O)[O-].c1ccc(N=Nc2ccccc2)cc1. The summed E-state index contributed by atoms with van der Waals surface area (Å²) in [6.45, 7) is 0. The fraction of sp³-hybridized carbons (Fsp3) is 0. The molecule has 94 valence electrons. The van der Waals surface area contributed by atoms with E-state index in [-0.39, 0.29) is 0 Å². The second kappa shape index (κ2) is 8.24. The Morgan fingerprint density at radius 1 is 0.833 bits per heavy atom. The van der Waals surface area contributed by atoms with Crippen LogP contribution in [0.15, 0.2) is 70.9 Å². The first-order valence-corrected chi connectivity index (χ1v) is 6.18. The van der Waals surface area contributed by atoms with Crippen molar-refractivity contribution in [2.75, 3.05) is 0 Å². The molecule has 0 aliphatic rings. The lowest BCUT2D eigenvalue weighted by molar-refractivity contribution is 0.539. The Kier molecular flexibility index (Phi) is 6.49. The third kappa shape index (κ3) is 6.64. The van der Waals surface area contributed by atoms with Crippen molar-refractivity contribution in [2.45, 2.75) is 0 Å². The highest BCUT2D eigenvalue weighted by molar-refractivity contribution is 7.76. The number of hydrogen-bond acceptors (Lipinski definition) is 4. The summed E-state index contributed by atoms with van der Waals surface area (Å²) in [7, 11) is 0. The van der Waals surface area contributed by atoms with E-state index in [0.717, 1.165) is 11.4 Å². The zero-order valence-corrected chi connectivity index (χ0v) is 10.3. The second-order valence-electron chi connectivity index (χ2n) is 3.13. The summed E-state index contributed by atoms with van der Waals surface area (Å²) in [5, 5.41) is 12.2. The Morgan fingerprint density at radius 2 is 1.11 bits per heavy atom. The third-order valence-electron chi connectivity index (χ3n) is 1.79. The van der Waals surface area contributed by atoms with Gasteiger partial charge in [-0.25, -0.2) is 0 Å². The summed E-state index contributed by atoms with van der Waals surface area (Å²) in [4.78, 5) is 0. The van der Waals surface area contributed by atoms with E-state index in [9.17, 15) is 0 Å². The predicted octanol–water partition coefficient (Wildman–Crippen LogP) is 2.84. The molecule has 0 fully saturated rings. The van der Waals surface area contributed by atoms with Gasteiger partial charge in [-0.15, -0.1) is 0 Å². The number of rotatable bonds is 2. The zero-order valence-electron chi connectivity index (χ0n) is 9.47. The summed E-state index contributed by atoms with van der Waals surface area (Å²) in [5.74, 6) is 0. The molecule has 1 atom stereocenters. The summed E-state index contributed by atoms with van der Waals surface area (Å²) in [6.07, 6.45) is 0. The molecule has 0 saturated carbocycles. The smallest absolute Gasteiger partial charge is 0.0857 e. The predicted molar refractivity (Wildman–Crippen MR) is 70.2 cm³/mol. The molecular weight excluding hydrogens is 250 g/mol. The van der Waals surface area contributed by atoms with Gasteiger partial charge >= 0.3 is 0 Å². The van der Waals surface area contributed by atoms with Crippen molar-refractivity contribution in [2.24, 2.45) is 15.4 Å². The fourth-order valence-corrected chi connectivity index (χ4v) is 1.10. The monoisotopic (exact) mass is 262 g/mol. The molecule has 0 radical (unpaired) electrons. The largest absolute Gasteiger partial charge is 0.760 e. The molecule has 0 saturated heterocycles. The Hall–Kier alpha value is -1.89. The summed E-state index contributed by atoms with van der Waals surface area (Å²) in [6, 6.07) is 19.4. The van der Waals surface area contributed by atoms with Gasteiger partial charge in [0, 0.05) is 11.3 Å². The first-order valence-electron chi connectivity index (χ1n) is 5.04. The van der Waals surface area contributed by atoms with Gasteiger partial charge in [0.15, 0.2) is 0 Å². The molecule has 2 N–H and O–H groups in total. The van der Waals surface area contributed by atoms with Gasteiger partial charge in [0.05, 0.1) is 11.4 Å². The van der Waals surface area contributed by atoms with E-state index in [1.807, 2.05) is 60.7 Å². The van der Waals surface area contributed by atoms with E-state index in [4.69, 9.17) is 8.76 Å². The van der Waals surface area contributed by atoms with Crippen LogP contribution < -0.4 is 5.14 Å². The first-order chi connectivity index (χ1) is 8.68. The second-order valence-corrected chi connectivity index (χ2v) is 3.65. The molecule has 1 unspecified atom stereocenters. The molecule has 2 aromatic rings. The Morgan fingerprint density at radius 3 is 1.39 bits per heavy atom. The van der Waals surface area contributed by atoms with Gasteiger partial charge in [-0.05, 0) is 24.3 Å². The maximum absolute atomic E-state index is 8.78. The minimum Gasteiger partial charge on any atom is -0.760 e. The molecule has 0 spiro atoms. The van der Waals surface area contributed by atoms with Crippen LogP contribution in [0.25, 0.3) is 0 Å². The van der Waals surface area contributed by atoms with Crippen molar-refractivity contribution in [3.8, 4) is 0 Å². The molecule has 18 heavy (non-hydrogen) atoms. The molecule has 6 heteroatoms. The van der Waals surface area contributed by atoms with Gasteiger partial charge in [-0.2, -0.15) is 10.2 Å². The van der Waals surface area contributed by atoms with E-state index in [1.54, 1.807) is 0 Å². The molecule has 0 aromatic heterocycles. The van der Waals surface area contributed by atoms with Gasteiger partial charge in [0.25, 0.3) is 0 Å². The van der Waals surface area contributed by atoms with E-state index >= 15 is 0 Å². The zero-order chi connectivity index (χ0) is 13.2. The lowest BCUT2D eigenvalue weighted by Crippen LogP contribution is -1.97. The Bertz CT molecular complexity index is 458. The minimum atomic E-state index is -2.36. The van der Waals surface area contributed by atoms with Crippen molar-refractivity contribution < 1.29 is 8.76 Å². The summed E-state index contributed by atoms with van der Waals surface area (Å²) >= 11 is -2.36. The van der Waals surface area contributed by atoms with Crippen LogP contribution in [0.4, 0.5) is 11.4 Å². The Balaban J connectivity index is 0.000000357. The molecule has 5 nitrogen and oxygen atoms in total. The summed E-state index contributed by atoms with van der Waals surface area (Å²) < 4.78 is 17.6. The fourth-order valence-electron chi connectivity index (χ4n) is 1.10. The highest BCUT2D eigenvalue weighted by atomic mass is 32.2. The summed E-state index contributed by atoms with van der Waals surface area (Å²) in [5.41, 5.74) is 1.74. The van der Waals surface area contributed by atoms with Crippen LogP contribution in [0, 0.1) is 0 Å². The third-order valence-corrected chi connectivity index (χ3v) is 1.79. The van der Waals surface area contributed by atoms with Gasteiger partial charge in [0.1, 0.15) is 0 Å². The molecular formula is C12H12N3O2S-. The van der Waals surface area contributed by atoms with Crippen molar-refractivity contribution >= 4 is 22.6 Å². The number of azo groups is 1. The minimum absolute atomic E-state index is 0.872. The number of benzene rings is 2. The topological polar surface area (TPSA) is 90.9 Å². The molecule has 0 amide bonds. The van der Waals surface area contributed by atoms with Crippen LogP contribution in [0.2, 0.25) is 0 Å². The maximum atomic E-state index is 8.78. The van der Waals surface area contributed by atoms with Crippen molar-refractivity contribution in [1.29, 1.82) is 0 Å². The number of nitrogens with zero attached hydrogens (tertiary/aromatic N) is 2. The van der Waals surface area contributed by atoms with Crippen LogP contribution in [0.3, 0.4) is 0 Å². The van der Waals surface area contributed by atoms with Crippen LogP contribution in [-0.2, 0) is 11.3 Å². The van der Waals surface area contributed by atoms with Crippen LogP contribution >= 0.6 is 0 Å². The van der Waals surface area contributed by atoms with Gasteiger partial charge < -0.3 is 4.55 Å². The van der Waals surface area contributed by atoms with E-state index < -0.39 is 11.3 Å². The lowest BCUT2D eigenvalue weighted by atomic mass is 10.3. The van der Waals surface area contributed by atoms with Gasteiger partial charge in [-0.1, -0.05) is 36.4 Å². The van der Waals surface area contributed by atoms with E-state index in [1.165, 1.54) is 0 Å². The van der Waals surface area contributed by atoms with Crippen LogP contribution in [0.5, 0.6) is 0 Å². The van der Waals surface area contributed by atoms with Gasteiger partial charge in [-0.3, -0.25) is 9.35 Å². The average molecular weight is 262 g/mol. The molecule has 0 bridgehead atoms. The first kappa shape index (κ1) is 14.2. The lowest BCUT2D eigenvalue weighted by Gasteiger charge is -1.91. The normalized spacial score (nSPS) is 11.7. The van der Waals surface area contributed by atoms with Crippen molar-refractivity contribution in [3.05, 3.63) is 60.7 Å². The number of hydrogen-bond donors (Lipinski definition) is 1.